The van der Waals surface area contributed by atoms with E-state index < -0.39 is 0 Å². The standard InChI is InChI=1S/C23H26N2O4/c1-27-19-10-8-18(9-11-19)23(17-6-7-17)25-22(26)4-3-13-29-20-12-5-16(15-24)14-21(20)28-2/h5,8-12,14,17,23H,3-4,6-7,13H2,1-2H3,(H,25,26). The molecule has 1 amide bonds. The van der Waals surface area contributed by atoms with Crippen molar-refractivity contribution in [3.8, 4) is 23.3 Å². The van der Waals surface area contributed by atoms with Crippen LogP contribution in [0.4, 0.5) is 0 Å². The van der Waals surface area contributed by atoms with E-state index in [1.165, 1.54) is 7.11 Å². The van der Waals surface area contributed by atoms with Crippen molar-refractivity contribution in [2.75, 3.05) is 20.8 Å². The van der Waals surface area contributed by atoms with E-state index in [9.17, 15) is 4.79 Å². The lowest BCUT2D eigenvalue weighted by Crippen LogP contribution is -2.30. The summed E-state index contributed by atoms with van der Waals surface area (Å²) in [5.41, 5.74) is 1.62. The van der Waals surface area contributed by atoms with Gasteiger partial charge in [0.15, 0.2) is 11.5 Å². The van der Waals surface area contributed by atoms with E-state index in [-0.39, 0.29) is 11.9 Å². The van der Waals surface area contributed by atoms with Crippen molar-refractivity contribution in [1.29, 1.82) is 5.26 Å². The predicted octanol–water partition coefficient (Wildman–Crippen LogP) is 4.00. The van der Waals surface area contributed by atoms with Crippen molar-refractivity contribution in [2.24, 2.45) is 5.92 Å². The van der Waals surface area contributed by atoms with Crippen molar-refractivity contribution >= 4 is 5.91 Å². The Hall–Kier alpha value is -3.20. The minimum absolute atomic E-state index is 0.0214. The van der Waals surface area contributed by atoms with Crippen LogP contribution in [0.15, 0.2) is 42.5 Å². The molecular weight excluding hydrogens is 368 g/mol. The first kappa shape index (κ1) is 20.5. The Labute approximate surface area is 171 Å². The highest BCUT2D eigenvalue weighted by molar-refractivity contribution is 5.76. The van der Waals surface area contributed by atoms with E-state index in [2.05, 4.69) is 11.4 Å². The zero-order valence-corrected chi connectivity index (χ0v) is 16.8. The summed E-state index contributed by atoms with van der Waals surface area (Å²) in [4.78, 5) is 12.4. The van der Waals surface area contributed by atoms with E-state index in [0.29, 0.717) is 42.4 Å². The maximum Gasteiger partial charge on any atom is 0.220 e. The monoisotopic (exact) mass is 394 g/mol. The maximum absolute atomic E-state index is 12.4. The van der Waals surface area contributed by atoms with Crippen molar-refractivity contribution in [3.05, 3.63) is 53.6 Å². The lowest BCUT2D eigenvalue weighted by Gasteiger charge is -2.19. The SMILES string of the molecule is COc1ccc(C(NC(=O)CCCOc2ccc(C#N)cc2OC)C2CC2)cc1. The molecule has 1 fully saturated rings. The van der Waals surface area contributed by atoms with Gasteiger partial charge in [-0.3, -0.25) is 4.79 Å². The van der Waals surface area contributed by atoms with Gasteiger partial charge in [0.1, 0.15) is 5.75 Å². The summed E-state index contributed by atoms with van der Waals surface area (Å²) in [6, 6.07) is 15.0. The Balaban J connectivity index is 1.48. The van der Waals surface area contributed by atoms with Crippen LogP contribution in [0, 0.1) is 17.2 Å². The van der Waals surface area contributed by atoms with E-state index in [1.54, 1.807) is 25.3 Å². The average molecular weight is 394 g/mol. The van der Waals surface area contributed by atoms with Crippen LogP contribution in [-0.2, 0) is 4.79 Å². The lowest BCUT2D eigenvalue weighted by molar-refractivity contribution is -0.122. The minimum atomic E-state index is 0.0214. The molecule has 0 aliphatic heterocycles. The van der Waals surface area contributed by atoms with Gasteiger partial charge in [-0.15, -0.1) is 0 Å². The molecule has 1 aliphatic carbocycles. The van der Waals surface area contributed by atoms with Gasteiger partial charge in [0.2, 0.25) is 5.91 Å². The normalized spacial score (nSPS) is 13.8. The number of hydrogen-bond acceptors (Lipinski definition) is 5. The average Bonchev–Trinajstić information content (AvgIpc) is 3.60. The lowest BCUT2D eigenvalue weighted by atomic mass is 10.0. The number of methoxy groups -OCH3 is 2. The third-order valence-corrected chi connectivity index (χ3v) is 4.98. The third-order valence-electron chi connectivity index (χ3n) is 4.98. The molecular formula is C23H26N2O4. The molecule has 1 saturated carbocycles. The van der Waals surface area contributed by atoms with Crippen LogP contribution in [0.5, 0.6) is 17.2 Å². The fourth-order valence-corrected chi connectivity index (χ4v) is 3.23. The van der Waals surface area contributed by atoms with Crippen LogP contribution in [-0.4, -0.2) is 26.7 Å². The summed E-state index contributed by atoms with van der Waals surface area (Å²) in [5.74, 6) is 2.42. The molecule has 3 rings (SSSR count). The van der Waals surface area contributed by atoms with Gasteiger partial charge in [0, 0.05) is 12.5 Å². The van der Waals surface area contributed by atoms with Crippen LogP contribution in [0.2, 0.25) is 0 Å². The topological polar surface area (TPSA) is 80.6 Å². The number of amides is 1. The van der Waals surface area contributed by atoms with Crippen molar-refractivity contribution < 1.29 is 19.0 Å². The van der Waals surface area contributed by atoms with Gasteiger partial charge in [-0.1, -0.05) is 12.1 Å². The summed E-state index contributed by atoms with van der Waals surface area (Å²) < 4.78 is 16.2. The first-order chi connectivity index (χ1) is 14.1. The van der Waals surface area contributed by atoms with E-state index >= 15 is 0 Å². The summed E-state index contributed by atoms with van der Waals surface area (Å²) in [5, 5.41) is 12.1. The Kier molecular flexibility index (Phi) is 6.96. The molecule has 1 unspecified atom stereocenters. The number of hydrogen-bond donors (Lipinski definition) is 1. The van der Waals surface area contributed by atoms with Gasteiger partial charge >= 0.3 is 0 Å². The molecule has 1 N–H and O–H groups in total. The van der Waals surface area contributed by atoms with Crippen LogP contribution in [0.3, 0.4) is 0 Å². The van der Waals surface area contributed by atoms with Crippen LogP contribution in [0.1, 0.15) is 42.9 Å². The minimum Gasteiger partial charge on any atom is -0.497 e. The summed E-state index contributed by atoms with van der Waals surface area (Å²) in [6.07, 6.45) is 3.25. The summed E-state index contributed by atoms with van der Waals surface area (Å²) in [7, 11) is 3.18. The highest BCUT2D eigenvalue weighted by atomic mass is 16.5. The van der Waals surface area contributed by atoms with Crippen molar-refractivity contribution in [1.82, 2.24) is 5.32 Å². The molecule has 0 spiro atoms. The second-order valence-electron chi connectivity index (χ2n) is 7.09. The largest absolute Gasteiger partial charge is 0.497 e. The first-order valence-electron chi connectivity index (χ1n) is 9.79. The number of rotatable bonds is 10. The zero-order valence-electron chi connectivity index (χ0n) is 16.8. The third kappa shape index (κ3) is 5.64. The molecule has 152 valence electrons. The number of benzene rings is 2. The quantitative estimate of drug-likeness (QED) is 0.616. The summed E-state index contributed by atoms with van der Waals surface area (Å²) >= 11 is 0. The number of nitrogens with zero attached hydrogens (tertiary/aromatic N) is 1. The molecule has 0 bridgehead atoms. The number of nitriles is 1. The van der Waals surface area contributed by atoms with Gasteiger partial charge in [-0.25, -0.2) is 0 Å². The second kappa shape index (κ2) is 9.83. The van der Waals surface area contributed by atoms with Gasteiger partial charge < -0.3 is 19.5 Å². The molecule has 0 saturated heterocycles. The Bertz CT molecular complexity index is 869. The molecule has 0 radical (unpaired) electrons. The summed E-state index contributed by atoms with van der Waals surface area (Å²) in [6.45, 7) is 0.395. The van der Waals surface area contributed by atoms with Crippen LogP contribution >= 0.6 is 0 Å². The molecule has 1 atom stereocenters. The van der Waals surface area contributed by atoms with Gasteiger partial charge in [0.25, 0.3) is 0 Å². The number of carbonyl (C=O) groups excluding carboxylic acids is 1. The van der Waals surface area contributed by atoms with E-state index in [0.717, 1.165) is 24.2 Å². The molecule has 0 heterocycles. The van der Waals surface area contributed by atoms with E-state index in [1.807, 2.05) is 24.3 Å². The van der Waals surface area contributed by atoms with E-state index in [4.69, 9.17) is 19.5 Å². The van der Waals surface area contributed by atoms with Gasteiger partial charge in [0.05, 0.1) is 38.5 Å². The molecule has 29 heavy (non-hydrogen) atoms. The number of nitrogens with one attached hydrogen (secondary N) is 1. The smallest absolute Gasteiger partial charge is 0.220 e. The van der Waals surface area contributed by atoms with Crippen molar-refractivity contribution in [3.63, 3.8) is 0 Å². The Morgan fingerprint density at radius 1 is 1.14 bits per heavy atom. The molecule has 1 aliphatic rings. The predicted molar refractivity (Wildman–Crippen MR) is 109 cm³/mol. The van der Waals surface area contributed by atoms with Crippen LogP contribution < -0.4 is 19.5 Å². The fourth-order valence-electron chi connectivity index (χ4n) is 3.23. The molecule has 6 heteroatoms. The van der Waals surface area contributed by atoms with Crippen molar-refractivity contribution in [2.45, 2.75) is 31.7 Å². The van der Waals surface area contributed by atoms with Gasteiger partial charge in [-0.2, -0.15) is 5.26 Å². The fraction of sp³-hybridized carbons (Fsp3) is 0.391. The molecule has 2 aromatic rings. The second-order valence-corrected chi connectivity index (χ2v) is 7.09. The molecule has 6 nitrogen and oxygen atoms in total. The maximum atomic E-state index is 12.4. The van der Waals surface area contributed by atoms with Gasteiger partial charge in [-0.05, 0) is 55.0 Å². The zero-order chi connectivity index (χ0) is 20.6. The van der Waals surface area contributed by atoms with Crippen LogP contribution in [0.25, 0.3) is 0 Å². The number of carbonyl (C=O) groups is 1. The number of ether oxygens (including phenoxy) is 3. The Morgan fingerprint density at radius 3 is 2.52 bits per heavy atom. The highest BCUT2D eigenvalue weighted by Gasteiger charge is 2.33. The molecule has 0 aromatic heterocycles. The highest BCUT2D eigenvalue weighted by Crippen LogP contribution is 2.41. The molecule has 2 aromatic carbocycles. The first-order valence-corrected chi connectivity index (χ1v) is 9.79. The Morgan fingerprint density at radius 2 is 1.90 bits per heavy atom.